The third kappa shape index (κ3) is 1.95. The number of likely N-dealkylation sites (tertiary alicyclic amines) is 1. The maximum atomic E-state index is 5.80. The van der Waals surface area contributed by atoms with Gasteiger partial charge in [-0.25, -0.2) is 15.0 Å². The van der Waals surface area contributed by atoms with Crippen LogP contribution in [0.1, 0.15) is 25.7 Å². The summed E-state index contributed by atoms with van der Waals surface area (Å²) in [6.07, 6.45) is 8.75. The molecule has 2 aromatic rings. The van der Waals surface area contributed by atoms with Crippen LogP contribution in [0.5, 0.6) is 0 Å². The maximum Gasteiger partial charge on any atom is 0.165 e. The lowest BCUT2D eigenvalue weighted by molar-refractivity contribution is 0.208. The van der Waals surface area contributed by atoms with E-state index in [2.05, 4.69) is 24.4 Å². The molecule has 2 N–H and O–H groups in total. The molecule has 2 fully saturated rings. The van der Waals surface area contributed by atoms with Crippen LogP contribution in [-0.2, 0) is 6.54 Å². The molecular weight excluding hydrogens is 252 g/mol. The highest BCUT2D eigenvalue weighted by molar-refractivity contribution is 5.80. The molecule has 2 aliphatic rings. The molecule has 0 aromatic carbocycles. The van der Waals surface area contributed by atoms with Gasteiger partial charge in [0, 0.05) is 25.7 Å². The first-order valence-electron chi connectivity index (χ1n) is 7.46. The molecule has 4 rings (SSSR count). The molecule has 2 unspecified atom stereocenters. The van der Waals surface area contributed by atoms with Gasteiger partial charge in [-0.1, -0.05) is 0 Å². The largest absolute Gasteiger partial charge is 0.382 e. The molecule has 106 valence electrons. The minimum absolute atomic E-state index is 0.464. The Morgan fingerprint density at radius 3 is 2.95 bits per heavy atom. The van der Waals surface area contributed by atoms with Crippen LogP contribution < -0.4 is 5.73 Å². The molecule has 0 amide bonds. The third-order valence-corrected chi connectivity index (χ3v) is 4.80. The van der Waals surface area contributed by atoms with Crippen molar-refractivity contribution < 1.29 is 0 Å². The summed E-state index contributed by atoms with van der Waals surface area (Å²) in [6.45, 7) is 3.44. The lowest BCUT2D eigenvalue weighted by Gasteiger charge is -2.26. The van der Waals surface area contributed by atoms with Crippen molar-refractivity contribution in [1.82, 2.24) is 24.4 Å². The lowest BCUT2D eigenvalue weighted by Crippen LogP contribution is -2.33. The number of nitrogens with two attached hydrogens (primary N) is 1. The average Bonchev–Trinajstić information content (AvgIpc) is 3.14. The number of nitrogens with zero attached hydrogens (tertiary/aromatic N) is 5. The predicted octanol–water partition coefficient (Wildman–Crippen LogP) is 1.28. The Morgan fingerprint density at radius 1 is 1.20 bits per heavy atom. The molecule has 2 aromatic heterocycles. The van der Waals surface area contributed by atoms with Crippen molar-refractivity contribution in [3.8, 4) is 0 Å². The van der Waals surface area contributed by atoms with Crippen molar-refractivity contribution in [3.63, 3.8) is 0 Å². The molecular formula is C14H20N6. The van der Waals surface area contributed by atoms with Crippen LogP contribution in [-0.4, -0.2) is 43.6 Å². The summed E-state index contributed by atoms with van der Waals surface area (Å²) in [7, 11) is 0. The highest BCUT2D eigenvalue weighted by Crippen LogP contribution is 2.37. The van der Waals surface area contributed by atoms with Crippen molar-refractivity contribution >= 4 is 17.0 Å². The fourth-order valence-electron chi connectivity index (χ4n) is 3.81. The summed E-state index contributed by atoms with van der Waals surface area (Å²) in [5, 5.41) is 0. The lowest BCUT2D eigenvalue weighted by atomic mass is 10.1. The van der Waals surface area contributed by atoms with E-state index in [-0.39, 0.29) is 0 Å². The minimum atomic E-state index is 0.464. The van der Waals surface area contributed by atoms with Crippen LogP contribution in [0.25, 0.3) is 11.2 Å². The zero-order valence-corrected chi connectivity index (χ0v) is 11.6. The van der Waals surface area contributed by atoms with E-state index in [0.717, 1.165) is 30.6 Å². The second kappa shape index (κ2) is 4.70. The quantitative estimate of drug-likeness (QED) is 0.907. The Labute approximate surface area is 118 Å². The average molecular weight is 272 g/mol. The van der Waals surface area contributed by atoms with E-state index >= 15 is 0 Å². The van der Waals surface area contributed by atoms with Crippen LogP contribution in [0.2, 0.25) is 0 Å². The highest BCUT2D eigenvalue weighted by Gasteiger charge is 2.36. The van der Waals surface area contributed by atoms with Gasteiger partial charge in [0.2, 0.25) is 0 Å². The molecule has 20 heavy (non-hydrogen) atoms. The molecule has 1 aliphatic heterocycles. The molecule has 0 radical (unpaired) electrons. The van der Waals surface area contributed by atoms with E-state index < -0.39 is 0 Å². The smallest absolute Gasteiger partial charge is 0.165 e. The van der Waals surface area contributed by atoms with Crippen LogP contribution in [0, 0.1) is 5.92 Å². The SMILES string of the molecule is Nc1ncnc2c1ncn2CCCN1CC2CCC1C2. The van der Waals surface area contributed by atoms with Crippen LogP contribution >= 0.6 is 0 Å². The first kappa shape index (κ1) is 12.1. The third-order valence-electron chi connectivity index (χ3n) is 4.80. The molecule has 2 atom stereocenters. The summed E-state index contributed by atoms with van der Waals surface area (Å²) in [6, 6.07) is 0.859. The molecule has 1 saturated carbocycles. The van der Waals surface area contributed by atoms with Gasteiger partial charge in [-0.3, -0.25) is 0 Å². The first-order chi connectivity index (χ1) is 9.81. The monoisotopic (exact) mass is 272 g/mol. The van der Waals surface area contributed by atoms with Crippen molar-refractivity contribution in [2.45, 2.75) is 38.3 Å². The van der Waals surface area contributed by atoms with E-state index in [1.807, 2.05) is 6.33 Å². The Morgan fingerprint density at radius 2 is 2.15 bits per heavy atom. The molecule has 6 nitrogen and oxygen atoms in total. The van der Waals surface area contributed by atoms with Gasteiger partial charge in [-0.15, -0.1) is 0 Å². The normalized spacial score (nSPS) is 25.8. The van der Waals surface area contributed by atoms with E-state index in [9.17, 15) is 0 Å². The van der Waals surface area contributed by atoms with Crippen molar-refractivity contribution in [1.29, 1.82) is 0 Å². The molecule has 1 aliphatic carbocycles. The molecule has 2 bridgehead atoms. The fourth-order valence-corrected chi connectivity index (χ4v) is 3.81. The number of nitrogen functional groups attached to an aromatic ring is 1. The second-order valence-electron chi connectivity index (χ2n) is 6.05. The Bertz CT molecular complexity index is 621. The molecule has 1 saturated heterocycles. The number of rotatable bonds is 4. The van der Waals surface area contributed by atoms with E-state index in [1.165, 1.54) is 38.7 Å². The highest BCUT2D eigenvalue weighted by atomic mass is 15.2. The standard InChI is InChI=1S/C14H20N6/c15-13-12-14(17-8-16-13)20(9-18-12)5-1-4-19-7-10-2-3-11(19)6-10/h8-11H,1-7H2,(H2,15,16,17). The summed E-state index contributed by atoms with van der Waals surface area (Å²) >= 11 is 0. The predicted molar refractivity (Wildman–Crippen MR) is 77.1 cm³/mol. The molecule has 0 spiro atoms. The van der Waals surface area contributed by atoms with Crippen LogP contribution in [0.3, 0.4) is 0 Å². The zero-order chi connectivity index (χ0) is 13.5. The zero-order valence-electron chi connectivity index (χ0n) is 11.6. The van der Waals surface area contributed by atoms with Gasteiger partial charge in [0.15, 0.2) is 11.5 Å². The topological polar surface area (TPSA) is 72.9 Å². The number of hydrogen-bond donors (Lipinski definition) is 1. The van der Waals surface area contributed by atoms with E-state index in [1.54, 1.807) is 0 Å². The number of aryl methyl sites for hydroxylation is 1. The summed E-state index contributed by atoms with van der Waals surface area (Å²) in [4.78, 5) is 15.2. The maximum absolute atomic E-state index is 5.80. The Balaban J connectivity index is 1.40. The Kier molecular flexibility index (Phi) is 2.84. The van der Waals surface area contributed by atoms with Crippen molar-refractivity contribution in [2.75, 3.05) is 18.8 Å². The van der Waals surface area contributed by atoms with Gasteiger partial charge in [-0.05, 0) is 31.6 Å². The molecule has 6 heteroatoms. The minimum Gasteiger partial charge on any atom is -0.382 e. The van der Waals surface area contributed by atoms with E-state index in [4.69, 9.17) is 5.73 Å². The van der Waals surface area contributed by atoms with Crippen LogP contribution in [0.4, 0.5) is 5.82 Å². The van der Waals surface area contributed by atoms with Gasteiger partial charge in [0.05, 0.1) is 6.33 Å². The number of fused-ring (bicyclic) bond motifs is 3. The number of hydrogen-bond acceptors (Lipinski definition) is 5. The molecule has 3 heterocycles. The van der Waals surface area contributed by atoms with Gasteiger partial charge in [0.1, 0.15) is 11.8 Å². The summed E-state index contributed by atoms with van der Waals surface area (Å²) in [5.41, 5.74) is 7.37. The van der Waals surface area contributed by atoms with E-state index in [0.29, 0.717) is 11.3 Å². The number of piperidine rings is 1. The first-order valence-corrected chi connectivity index (χ1v) is 7.46. The van der Waals surface area contributed by atoms with Gasteiger partial charge in [-0.2, -0.15) is 0 Å². The number of anilines is 1. The van der Waals surface area contributed by atoms with Crippen LogP contribution in [0.15, 0.2) is 12.7 Å². The van der Waals surface area contributed by atoms with Crippen molar-refractivity contribution in [2.24, 2.45) is 5.92 Å². The van der Waals surface area contributed by atoms with Gasteiger partial charge in [0.25, 0.3) is 0 Å². The second-order valence-corrected chi connectivity index (χ2v) is 6.05. The van der Waals surface area contributed by atoms with Gasteiger partial charge < -0.3 is 15.2 Å². The fraction of sp³-hybridized carbons (Fsp3) is 0.643. The summed E-state index contributed by atoms with van der Waals surface area (Å²) < 4.78 is 2.09. The number of aromatic nitrogens is 4. The van der Waals surface area contributed by atoms with Crippen molar-refractivity contribution in [3.05, 3.63) is 12.7 Å². The Hall–Kier alpha value is -1.69. The van der Waals surface area contributed by atoms with Gasteiger partial charge >= 0.3 is 0 Å². The number of imidazole rings is 1. The summed E-state index contributed by atoms with van der Waals surface area (Å²) in [5.74, 6) is 1.44.